The molecule has 3 rings (SSSR count). The molecule has 98 valence electrons. The lowest BCUT2D eigenvalue weighted by Crippen LogP contribution is -2.75. The van der Waals surface area contributed by atoms with Crippen LogP contribution in [0.4, 0.5) is 0 Å². The third-order valence-corrected chi connectivity index (χ3v) is 4.53. The van der Waals surface area contributed by atoms with Gasteiger partial charge in [0.25, 0.3) is 5.91 Å². The van der Waals surface area contributed by atoms with Crippen molar-refractivity contribution in [2.45, 2.75) is 17.8 Å². The van der Waals surface area contributed by atoms with Gasteiger partial charge in [-0.2, -0.15) is 0 Å². The molecule has 2 amide bonds. The monoisotopic (exact) mass is 275 g/mol. The van der Waals surface area contributed by atoms with E-state index in [1.54, 1.807) is 41.2 Å². The van der Waals surface area contributed by atoms with Gasteiger partial charge in [-0.15, -0.1) is 11.8 Å². The zero-order chi connectivity index (χ0) is 13.5. The van der Waals surface area contributed by atoms with Crippen LogP contribution in [0, 0.1) is 0 Å². The van der Waals surface area contributed by atoms with Crippen molar-refractivity contribution in [1.29, 1.82) is 0 Å². The molecule has 1 fully saturated rings. The number of β-lactam (4-membered cyclic amide) rings is 1. The zero-order valence-corrected chi connectivity index (χ0v) is 11.2. The van der Waals surface area contributed by atoms with Crippen LogP contribution < -0.4 is 5.32 Å². The first-order valence-corrected chi connectivity index (χ1v) is 7.02. The molecule has 3 heterocycles. The molecule has 0 aromatic carbocycles. The molecule has 0 aliphatic carbocycles. The Labute approximate surface area is 115 Å². The number of fused-ring (bicyclic) bond motifs is 1. The fourth-order valence-electron chi connectivity index (χ4n) is 2.50. The van der Waals surface area contributed by atoms with E-state index in [4.69, 9.17) is 0 Å². The molecule has 5 nitrogen and oxygen atoms in total. The van der Waals surface area contributed by atoms with Crippen molar-refractivity contribution in [3.8, 4) is 0 Å². The number of carbonyl (C=O) groups excluding carboxylic acids is 2. The number of aromatic nitrogens is 1. The second-order valence-corrected chi connectivity index (χ2v) is 5.60. The minimum absolute atomic E-state index is 0.121. The van der Waals surface area contributed by atoms with Crippen molar-refractivity contribution >= 4 is 23.6 Å². The normalized spacial score (nSPS) is 28.6. The molecule has 2 aliphatic heterocycles. The number of hydrogen-bond acceptors (Lipinski definition) is 4. The van der Waals surface area contributed by atoms with Gasteiger partial charge in [0.1, 0.15) is 5.37 Å². The molecule has 2 aliphatic rings. The summed E-state index contributed by atoms with van der Waals surface area (Å²) in [6, 6.07) is 5.40. The third-order valence-electron chi connectivity index (χ3n) is 3.25. The zero-order valence-electron chi connectivity index (χ0n) is 10.4. The number of pyridine rings is 1. The summed E-state index contributed by atoms with van der Waals surface area (Å²) in [7, 11) is 0. The first-order valence-electron chi connectivity index (χ1n) is 5.97. The Bertz CT molecular complexity index is 560. The third kappa shape index (κ3) is 1.67. The Morgan fingerprint density at radius 2 is 2.42 bits per heavy atom. The fourth-order valence-corrected chi connectivity index (χ4v) is 3.74. The predicted molar refractivity (Wildman–Crippen MR) is 72.0 cm³/mol. The predicted octanol–water partition coefficient (Wildman–Crippen LogP) is 0.842. The molecule has 6 heteroatoms. The van der Waals surface area contributed by atoms with E-state index >= 15 is 0 Å². The van der Waals surface area contributed by atoms with E-state index in [2.05, 4.69) is 10.3 Å². The van der Waals surface area contributed by atoms with Crippen LogP contribution in [-0.2, 0) is 15.1 Å². The van der Waals surface area contributed by atoms with Crippen LogP contribution in [-0.4, -0.2) is 32.8 Å². The van der Waals surface area contributed by atoms with Crippen LogP contribution in [0.15, 0.2) is 36.7 Å². The molecule has 2 atom stereocenters. The topological polar surface area (TPSA) is 62.3 Å². The van der Waals surface area contributed by atoms with E-state index in [-0.39, 0.29) is 17.2 Å². The highest BCUT2D eigenvalue weighted by molar-refractivity contribution is 8.00. The van der Waals surface area contributed by atoms with Crippen LogP contribution in [0.1, 0.15) is 12.6 Å². The van der Waals surface area contributed by atoms with Crippen LogP contribution in [0.3, 0.4) is 0 Å². The average Bonchev–Trinajstić information content (AvgIpc) is 2.45. The molecule has 0 bridgehead atoms. The maximum Gasteiger partial charge on any atom is 0.262 e. The van der Waals surface area contributed by atoms with E-state index in [1.807, 2.05) is 12.1 Å². The lowest BCUT2D eigenvalue weighted by atomic mass is 9.84. The van der Waals surface area contributed by atoms with Crippen molar-refractivity contribution in [1.82, 2.24) is 15.2 Å². The molecular formula is C13H13N3O2S. The number of amides is 2. The lowest BCUT2D eigenvalue weighted by molar-refractivity contribution is -0.155. The summed E-state index contributed by atoms with van der Waals surface area (Å²) in [6.45, 7) is 1.42. The minimum atomic E-state index is -1.03. The maximum atomic E-state index is 12.5. The molecule has 1 aromatic heterocycles. The van der Waals surface area contributed by atoms with Gasteiger partial charge in [0, 0.05) is 25.1 Å². The van der Waals surface area contributed by atoms with Crippen LogP contribution in [0.25, 0.3) is 0 Å². The molecule has 1 unspecified atom stereocenters. The van der Waals surface area contributed by atoms with E-state index in [0.29, 0.717) is 5.69 Å². The van der Waals surface area contributed by atoms with Gasteiger partial charge in [0.2, 0.25) is 5.91 Å². The summed E-state index contributed by atoms with van der Waals surface area (Å²) in [5.74, 6) is 0.464. The van der Waals surface area contributed by atoms with Crippen molar-refractivity contribution in [3.05, 3.63) is 42.4 Å². The Morgan fingerprint density at radius 3 is 3.11 bits per heavy atom. The lowest BCUT2D eigenvalue weighted by Gasteiger charge is -2.54. The molecule has 1 aromatic rings. The Kier molecular flexibility index (Phi) is 2.82. The van der Waals surface area contributed by atoms with E-state index in [9.17, 15) is 9.59 Å². The Hall–Kier alpha value is -1.82. The molecule has 1 N–H and O–H groups in total. The SMILES string of the molecule is CC(=O)NC1(c2ccccn2)C(=O)N2C=CCS[C@H]21. The van der Waals surface area contributed by atoms with E-state index in [1.165, 1.54) is 6.92 Å². The standard InChI is InChI=1S/C13H13N3O2S/c1-9(17)15-13(10-5-2-3-6-14-10)11(18)16-7-4-8-19-12(13)16/h2-7,12H,8H2,1H3,(H,15,17)/t12-,13?/m0/s1. The molecule has 0 spiro atoms. The molecule has 19 heavy (non-hydrogen) atoms. The van der Waals surface area contributed by atoms with Crippen LogP contribution in [0.5, 0.6) is 0 Å². The van der Waals surface area contributed by atoms with Gasteiger partial charge in [-0.1, -0.05) is 12.1 Å². The number of nitrogens with zero attached hydrogens (tertiary/aromatic N) is 2. The summed E-state index contributed by atoms with van der Waals surface area (Å²) in [5.41, 5.74) is -0.429. The van der Waals surface area contributed by atoms with E-state index in [0.717, 1.165) is 5.75 Å². The van der Waals surface area contributed by atoms with Crippen molar-refractivity contribution in [2.24, 2.45) is 0 Å². The first kappa shape index (κ1) is 12.2. The minimum Gasteiger partial charge on any atom is -0.335 e. The van der Waals surface area contributed by atoms with Gasteiger partial charge >= 0.3 is 0 Å². The number of nitrogens with one attached hydrogen (secondary N) is 1. The second-order valence-electron chi connectivity index (χ2n) is 4.49. The fraction of sp³-hybridized carbons (Fsp3) is 0.308. The highest BCUT2D eigenvalue weighted by Gasteiger charge is 2.63. The van der Waals surface area contributed by atoms with Gasteiger partial charge in [-0.25, -0.2) is 0 Å². The molecule has 0 radical (unpaired) electrons. The molecular weight excluding hydrogens is 262 g/mol. The Balaban J connectivity index is 2.06. The van der Waals surface area contributed by atoms with Gasteiger partial charge < -0.3 is 10.2 Å². The van der Waals surface area contributed by atoms with Crippen molar-refractivity contribution in [2.75, 3.05) is 5.75 Å². The molecule has 1 saturated heterocycles. The van der Waals surface area contributed by atoms with Crippen molar-refractivity contribution in [3.63, 3.8) is 0 Å². The number of carbonyl (C=O) groups is 2. The summed E-state index contributed by atoms with van der Waals surface area (Å²) >= 11 is 1.62. The van der Waals surface area contributed by atoms with Gasteiger partial charge in [-0.3, -0.25) is 14.6 Å². The summed E-state index contributed by atoms with van der Waals surface area (Å²) in [6.07, 6.45) is 5.36. The van der Waals surface area contributed by atoms with E-state index < -0.39 is 5.54 Å². The highest BCUT2D eigenvalue weighted by atomic mass is 32.2. The second kappa shape index (κ2) is 4.38. The quantitative estimate of drug-likeness (QED) is 0.813. The molecule has 0 saturated carbocycles. The number of rotatable bonds is 2. The Morgan fingerprint density at radius 1 is 1.58 bits per heavy atom. The van der Waals surface area contributed by atoms with Gasteiger partial charge in [0.15, 0.2) is 5.54 Å². The summed E-state index contributed by atoms with van der Waals surface area (Å²) in [5, 5.41) is 2.69. The summed E-state index contributed by atoms with van der Waals surface area (Å²) < 4.78 is 0. The van der Waals surface area contributed by atoms with Gasteiger partial charge in [0.05, 0.1) is 5.69 Å². The first-order chi connectivity index (χ1) is 9.16. The highest BCUT2D eigenvalue weighted by Crippen LogP contribution is 2.46. The smallest absolute Gasteiger partial charge is 0.262 e. The number of thioether (sulfide) groups is 1. The average molecular weight is 275 g/mol. The van der Waals surface area contributed by atoms with Gasteiger partial charge in [-0.05, 0) is 12.1 Å². The largest absolute Gasteiger partial charge is 0.335 e. The number of hydrogen-bond donors (Lipinski definition) is 1. The maximum absolute atomic E-state index is 12.5. The van der Waals surface area contributed by atoms with Crippen LogP contribution in [0.2, 0.25) is 0 Å². The summed E-state index contributed by atoms with van der Waals surface area (Å²) in [4.78, 5) is 29.9. The van der Waals surface area contributed by atoms with Crippen molar-refractivity contribution < 1.29 is 9.59 Å². The van der Waals surface area contributed by atoms with Crippen LogP contribution >= 0.6 is 11.8 Å².